The minimum absolute atomic E-state index is 1.11. The van der Waals surface area contributed by atoms with Crippen molar-refractivity contribution in [2.75, 3.05) is 13.1 Å². The number of hydrogen-bond acceptors (Lipinski definition) is 2. The zero-order valence-electron chi connectivity index (χ0n) is 8.71. The van der Waals surface area contributed by atoms with Gasteiger partial charge in [0.2, 0.25) is 0 Å². The lowest BCUT2D eigenvalue weighted by Gasteiger charge is -2.17. The fraction of sp³-hybridized carbons (Fsp3) is 0.900. The first-order chi connectivity index (χ1) is 5.85. The second kappa shape index (κ2) is 8.57. The van der Waals surface area contributed by atoms with Crippen LogP contribution >= 0.6 is 0 Å². The minimum atomic E-state index is 1.11. The summed E-state index contributed by atoms with van der Waals surface area (Å²) < 4.78 is 0. The van der Waals surface area contributed by atoms with Gasteiger partial charge in [-0.25, -0.2) is 0 Å². The maximum Gasteiger partial charge on any atom is 0.0360 e. The molecule has 0 aromatic heterocycles. The molecule has 0 aliphatic carbocycles. The van der Waals surface area contributed by atoms with Gasteiger partial charge in [-0.3, -0.25) is 5.01 Å². The smallest absolute Gasteiger partial charge is 0.0360 e. The molecule has 0 N–H and O–H groups in total. The van der Waals surface area contributed by atoms with E-state index in [9.17, 15) is 0 Å². The van der Waals surface area contributed by atoms with E-state index in [0.29, 0.717) is 0 Å². The van der Waals surface area contributed by atoms with E-state index in [1.54, 1.807) is 0 Å². The van der Waals surface area contributed by atoms with Crippen LogP contribution in [0.3, 0.4) is 0 Å². The molecular weight excluding hydrogens is 148 g/mol. The topological polar surface area (TPSA) is 15.6 Å². The first kappa shape index (κ1) is 11.5. The van der Waals surface area contributed by atoms with Gasteiger partial charge in [-0.15, -0.1) is 0 Å². The molecule has 2 heteroatoms. The van der Waals surface area contributed by atoms with E-state index in [1.165, 1.54) is 25.7 Å². The van der Waals surface area contributed by atoms with Gasteiger partial charge < -0.3 is 0 Å². The van der Waals surface area contributed by atoms with Crippen molar-refractivity contribution in [2.45, 2.75) is 46.5 Å². The predicted octanol–water partition coefficient (Wildman–Crippen LogP) is 2.89. The lowest BCUT2D eigenvalue weighted by molar-refractivity contribution is 0.280. The van der Waals surface area contributed by atoms with E-state index < -0.39 is 0 Å². The lowest BCUT2D eigenvalue weighted by Crippen LogP contribution is -2.19. The fourth-order valence-electron chi connectivity index (χ4n) is 1.07. The summed E-state index contributed by atoms with van der Waals surface area (Å²) in [6.07, 6.45) is 6.89. The van der Waals surface area contributed by atoms with Crippen molar-refractivity contribution in [2.24, 2.45) is 5.10 Å². The number of hydrogen-bond donors (Lipinski definition) is 0. The Morgan fingerprint density at radius 1 is 1.08 bits per heavy atom. The molecule has 0 spiro atoms. The molecule has 0 aliphatic heterocycles. The molecule has 0 bridgehead atoms. The fourth-order valence-corrected chi connectivity index (χ4v) is 1.07. The minimum Gasteiger partial charge on any atom is -0.297 e. The maximum absolute atomic E-state index is 4.31. The monoisotopic (exact) mass is 170 g/mol. The Bertz CT molecular complexity index is 102. The first-order valence-corrected chi connectivity index (χ1v) is 5.08. The van der Waals surface area contributed by atoms with E-state index in [0.717, 1.165) is 13.1 Å². The quantitative estimate of drug-likeness (QED) is 0.424. The van der Waals surface area contributed by atoms with Crippen molar-refractivity contribution in [3.8, 4) is 0 Å². The summed E-state index contributed by atoms with van der Waals surface area (Å²) in [4.78, 5) is 0. The molecule has 0 fully saturated rings. The van der Waals surface area contributed by atoms with Gasteiger partial charge in [0.15, 0.2) is 0 Å². The summed E-state index contributed by atoms with van der Waals surface area (Å²) in [6, 6.07) is 0. The van der Waals surface area contributed by atoms with Crippen molar-refractivity contribution in [3.05, 3.63) is 0 Å². The van der Waals surface area contributed by atoms with E-state index in [2.05, 4.69) is 24.0 Å². The van der Waals surface area contributed by atoms with Gasteiger partial charge in [0.05, 0.1) is 0 Å². The highest BCUT2D eigenvalue weighted by atomic mass is 15.4. The Hall–Kier alpha value is -0.530. The normalized spacial score (nSPS) is 10.9. The molecule has 0 heterocycles. The van der Waals surface area contributed by atoms with Gasteiger partial charge in [-0.1, -0.05) is 26.7 Å². The molecule has 0 saturated heterocycles. The summed E-state index contributed by atoms with van der Waals surface area (Å²) in [6.45, 7) is 8.63. The molecule has 0 unspecified atom stereocenters. The number of unbranched alkanes of at least 4 members (excludes halogenated alkanes) is 2. The molecule has 2 nitrogen and oxygen atoms in total. The standard InChI is InChI=1S/C10H22N2/c1-4-7-9-12(11-6-3)10-8-5-2/h6H,4-5,7-10H2,1-3H3. The van der Waals surface area contributed by atoms with Crippen molar-refractivity contribution in [1.82, 2.24) is 5.01 Å². The zero-order chi connectivity index (χ0) is 9.23. The molecular formula is C10H22N2. The van der Waals surface area contributed by atoms with Crippen LogP contribution in [0.25, 0.3) is 0 Å². The van der Waals surface area contributed by atoms with Crippen LogP contribution in [0.2, 0.25) is 0 Å². The Balaban J connectivity index is 3.54. The van der Waals surface area contributed by atoms with Crippen LogP contribution < -0.4 is 0 Å². The Morgan fingerprint density at radius 3 is 1.92 bits per heavy atom. The maximum atomic E-state index is 4.31. The molecule has 12 heavy (non-hydrogen) atoms. The van der Waals surface area contributed by atoms with E-state index in [-0.39, 0.29) is 0 Å². The van der Waals surface area contributed by atoms with Crippen molar-refractivity contribution < 1.29 is 0 Å². The molecule has 0 radical (unpaired) electrons. The molecule has 0 aromatic carbocycles. The van der Waals surface area contributed by atoms with E-state index in [1.807, 2.05) is 13.1 Å². The van der Waals surface area contributed by atoms with Gasteiger partial charge in [0.1, 0.15) is 0 Å². The van der Waals surface area contributed by atoms with Gasteiger partial charge in [-0.2, -0.15) is 5.10 Å². The SMILES string of the molecule is CC=NN(CCCC)CCCC. The van der Waals surface area contributed by atoms with Crippen LogP contribution in [0.1, 0.15) is 46.5 Å². The molecule has 0 saturated carbocycles. The summed E-state index contributed by atoms with van der Waals surface area (Å²) in [5, 5.41) is 6.48. The summed E-state index contributed by atoms with van der Waals surface area (Å²) in [5.41, 5.74) is 0. The molecule has 0 rings (SSSR count). The van der Waals surface area contributed by atoms with Gasteiger partial charge >= 0.3 is 0 Å². The van der Waals surface area contributed by atoms with E-state index in [4.69, 9.17) is 0 Å². The van der Waals surface area contributed by atoms with Crippen molar-refractivity contribution >= 4 is 6.21 Å². The van der Waals surface area contributed by atoms with Gasteiger partial charge in [0.25, 0.3) is 0 Å². The highest BCUT2D eigenvalue weighted by molar-refractivity contribution is 5.52. The molecule has 0 atom stereocenters. The number of hydrazone groups is 1. The molecule has 72 valence electrons. The van der Waals surface area contributed by atoms with E-state index >= 15 is 0 Å². The average molecular weight is 170 g/mol. The molecule has 0 aliphatic rings. The lowest BCUT2D eigenvalue weighted by atomic mass is 10.3. The summed E-state index contributed by atoms with van der Waals surface area (Å²) in [7, 11) is 0. The zero-order valence-corrected chi connectivity index (χ0v) is 8.71. The summed E-state index contributed by atoms with van der Waals surface area (Å²) >= 11 is 0. The second-order valence-corrected chi connectivity index (χ2v) is 3.03. The molecule has 0 aromatic rings. The Labute approximate surface area is 76.6 Å². The third kappa shape index (κ3) is 6.20. The average Bonchev–Trinajstić information content (AvgIpc) is 2.10. The number of nitrogens with zero attached hydrogens (tertiary/aromatic N) is 2. The van der Waals surface area contributed by atoms with Crippen LogP contribution in [0.15, 0.2) is 5.10 Å². The predicted molar refractivity (Wildman–Crippen MR) is 55.6 cm³/mol. The second-order valence-electron chi connectivity index (χ2n) is 3.03. The van der Waals surface area contributed by atoms with Crippen LogP contribution in [0.5, 0.6) is 0 Å². The largest absolute Gasteiger partial charge is 0.297 e. The van der Waals surface area contributed by atoms with Crippen LogP contribution in [0, 0.1) is 0 Å². The van der Waals surface area contributed by atoms with Gasteiger partial charge in [0, 0.05) is 19.3 Å². The van der Waals surface area contributed by atoms with Gasteiger partial charge in [-0.05, 0) is 19.8 Å². The highest BCUT2D eigenvalue weighted by Gasteiger charge is 1.97. The van der Waals surface area contributed by atoms with Crippen LogP contribution in [-0.4, -0.2) is 24.3 Å². The molecule has 0 amide bonds. The van der Waals surface area contributed by atoms with Crippen molar-refractivity contribution in [1.29, 1.82) is 0 Å². The number of rotatable bonds is 7. The Kier molecular flexibility index (Phi) is 8.19. The third-order valence-corrected chi connectivity index (χ3v) is 1.82. The summed E-state index contributed by atoms with van der Waals surface area (Å²) in [5.74, 6) is 0. The first-order valence-electron chi connectivity index (χ1n) is 5.08. The highest BCUT2D eigenvalue weighted by Crippen LogP contribution is 1.98. The third-order valence-electron chi connectivity index (χ3n) is 1.82. The van der Waals surface area contributed by atoms with Crippen molar-refractivity contribution in [3.63, 3.8) is 0 Å². The Morgan fingerprint density at radius 2 is 1.58 bits per heavy atom. The van der Waals surface area contributed by atoms with Crippen LogP contribution in [0.4, 0.5) is 0 Å². The van der Waals surface area contributed by atoms with Crippen LogP contribution in [-0.2, 0) is 0 Å².